The first-order valence-corrected chi connectivity index (χ1v) is 6.54. The van der Waals surface area contributed by atoms with Crippen LogP contribution in [0.4, 0.5) is 13.2 Å². The van der Waals surface area contributed by atoms with E-state index in [9.17, 15) is 21.6 Å². The van der Waals surface area contributed by atoms with Gasteiger partial charge in [0.15, 0.2) is 0 Å². The number of nitrogens with zero attached hydrogens (tertiary/aromatic N) is 3. The van der Waals surface area contributed by atoms with E-state index in [-0.39, 0.29) is 6.54 Å². The van der Waals surface area contributed by atoms with Crippen molar-refractivity contribution in [2.24, 2.45) is 0 Å². The summed E-state index contributed by atoms with van der Waals surface area (Å²) >= 11 is 0. The summed E-state index contributed by atoms with van der Waals surface area (Å²) in [7, 11) is -5.44. The Balaban J connectivity index is 2.26. The van der Waals surface area contributed by atoms with E-state index in [0.717, 1.165) is 16.4 Å². The van der Waals surface area contributed by atoms with Gasteiger partial charge in [0.1, 0.15) is 0 Å². The summed E-state index contributed by atoms with van der Waals surface area (Å²) in [6.07, 6.45) is 0.760. The Morgan fingerprint density at radius 3 is 2.37 bits per heavy atom. The molecule has 5 nitrogen and oxygen atoms in total. The maximum absolute atomic E-state index is 12.3. The molecular formula is C10H8F3N3O2S. The molecule has 9 heteroatoms. The number of benzene rings is 1. The Morgan fingerprint density at radius 1 is 1.16 bits per heavy atom. The lowest BCUT2D eigenvalue weighted by Crippen LogP contribution is -2.23. The quantitative estimate of drug-likeness (QED) is 0.862. The number of hydrogen-bond donors (Lipinski definition) is 0. The van der Waals surface area contributed by atoms with Crippen molar-refractivity contribution < 1.29 is 21.6 Å². The molecule has 0 saturated heterocycles. The second-order valence-electron chi connectivity index (χ2n) is 3.69. The van der Waals surface area contributed by atoms with Gasteiger partial charge in [-0.3, -0.25) is 0 Å². The number of hydrogen-bond acceptors (Lipinski definition) is 4. The molecule has 0 aliphatic rings. The third-order valence-corrected chi connectivity index (χ3v) is 3.63. The highest BCUT2D eigenvalue weighted by atomic mass is 32.2. The predicted octanol–water partition coefficient (Wildman–Crippen LogP) is 1.62. The minimum atomic E-state index is -5.44. The largest absolute Gasteiger partial charge is 0.503 e. The van der Waals surface area contributed by atoms with Crippen molar-refractivity contribution in [3.8, 4) is 0 Å². The number of halogens is 3. The van der Waals surface area contributed by atoms with Crippen molar-refractivity contribution in [1.82, 2.24) is 15.0 Å². The van der Waals surface area contributed by atoms with Gasteiger partial charge in [0.05, 0.1) is 12.7 Å². The zero-order chi connectivity index (χ0) is 14.1. The van der Waals surface area contributed by atoms with E-state index < -0.39 is 20.4 Å². The lowest BCUT2D eigenvalue weighted by Gasteiger charge is -2.03. The molecule has 102 valence electrons. The highest BCUT2D eigenvalue weighted by Crippen LogP contribution is 2.28. The van der Waals surface area contributed by atoms with Gasteiger partial charge in [-0.2, -0.15) is 13.2 Å². The zero-order valence-electron chi connectivity index (χ0n) is 9.37. The highest BCUT2D eigenvalue weighted by molar-refractivity contribution is 7.92. The average molecular weight is 291 g/mol. The first-order valence-electron chi connectivity index (χ1n) is 5.06. The summed E-state index contributed by atoms with van der Waals surface area (Å²) in [6.45, 7) is 0.140. The minimum Gasteiger partial charge on any atom is -0.247 e. The van der Waals surface area contributed by atoms with E-state index in [4.69, 9.17) is 0 Å². The fourth-order valence-electron chi connectivity index (χ4n) is 1.37. The molecule has 0 N–H and O–H groups in total. The molecule has 0 fully saturated rings. The van der Waals surface area contributed by atoms with Crippen LogP contribution in [0.15, 0.2) is 41.6 Å². The fourth-order valence-corrected chi connectivity index (χ4v) is 2.01. The maximum Gasteiger partial charge on any atom is 0.503 e. The molecule has 0 radical (unpaired) electrons. The van der Waals surface area contributed by atoms with Crippen LogP contribution in [0.25, 0.3) is 0 Å². The Labute approximate surface area is 106 Å². The van der Waals surface area contributed by atoms with Crippen LogP contribution in [0.5, 0.6) is 0 Å². The molecule has 0 aliphatic heterocycles. The molecule has 19 heavy (non-hydrogen) atoms. The Hall–Kier alpha value is -1.90. The lowest BCUT2D eigenvalue weighted by atomic mass is 10.2. The van der Waals surface area contributed by atoms with E-state index in [0.29, 0.717) is 0 Å². The SMILES string of the molecule is O=S(=O)(c1cn(Cc2ccccc2)nn1)C(F)(F)F. The Bertz CT molecular complexity index is 665. The monoisotopic (exact) mass is 291 g/mol. The predicted molar refractivity (Wildman–Crippen MR) is 58.8 cm³/mol. The smallest absolute Gasteiger partial charge is 0.247 e. The molecule has 0 spiro atoms. The number of rotatable bonds is 3. The van der Waals surface area contributed by atoms with Gasteiger partial charge in [0.2, 0.25) is 5.03 Å². The molecule has 0 amide bonds. The third-order valence-electron chi connectivity index (χ3n) is 2.29. The van der Waals surface area contributed by atoms with Gasteiger partial charge < -0.3 is 0 Å². The summed E-state index contributed by atoms with van der Waals surface area (Å²) in [6, 6.07) is 8.75. The minimum absolute atomic E-state index is 0.140. The standard InChI is InChI=1S/C10H8F3N3O2S/c11-10(12,13)19(17,18)9-7-16(15-14-9)6-8-4-2-1-3-5-8/h1-5,7H,6H2. The Morgan fingerprint density at radius 2 is 1.79 bits per heavy atom. The van der Waals surface area contributed by atoms with Gasteiger partial charge in [0, 0.05) is 0 Å². The van der Waals surface area contributed by atoms with Gasteiger partial charge in [-0.1, -0.05) is 35.5 Å². The van der Waals surface area contributed by atoms with Crippen LogP contribution in [-0.4, -0.2) is 28.9 Å². The molecule has 0 unspecified atom stereocenters. The molecule has 1 aromatic carbocycles. The molecular weight excluding hydrogens is 283 g/mol. The van der Waals surface area contributed by atoms with Gasteiger partial charge in [-0.25, -0.2) is 13.1 Å². The van der Waals surface area contributed by atoms with E-state index in [1.54, 1.807) is 30.3 Å². The van der Waals surface area contributed by atoms with E-state index in [2.05, 4.69) is 10.3 Å². The van der Waals surface area contributed by atoms with Crippen LogP contribution >= 0.6 is 0 Å². The van der Waals surface area contributed by atoms with Crippen molar-refractivity contribution in [3.63, 3.8) is 0 Å². The van der Waals surface area contributed by atoms with E-state index in [1.165, 1.54) is 0 Å². The normalized spacial score (nSPS) is 12.6. The van der Waals surface area contributed by atoms with E-state index in [1.807, 2.05) is 0 Å². The average Bonchev–Trinajstić information content (AvgIpc) is 2.78. The van der Waals surface area contributed by atoms with Crippen molar-refractivity contribution in [2.45, 2.75) is 17.1 Å². The second-order valence-corrected chi connectivity index (χ2v) is 5.58. The molecule has 2 aromatic rings. The van der Waals surface area contributed by atoms with Gasteiger partial charge in [-0.05, 0) is 5.56 Å². The summed E-state index contributed by atoms with van der Waals surface area (Å²) in [5.74, 6) is 0. The van der Waals surface area contributed by atoms with Gasteiger partial charge in [0.25, 0.3) is 9.84 Å². The zero-order valence-corrected chi connectivity index (χ0v) is 10.2. The summed E-state index contributed by atoms with van der Waals surface area (Å²) in [5.41, 5.74) is -4.61. The van der Waals surface area contributed by atoms with Gasteiger partial charge in [-0.15, -0.1) is 5.10 Å². The Kier molecular flexibility index (Phi) is 3.31. The first-order chi connectivity index (χ1) is 8.80. The van der Waals surface area contributed by atoms with Gasteiger partial charge >= 0.3 is 5.51 Å². The van der Waals surface area contributed by atoms with Crippen LogP contribution in [0.3, 0.4) is 0 Å². The second kappa shape index (κ2) is 4.65. The molecule has 0 atom stereocenters. The van der Waals surface area contributed by atoms with Crippen LogP contribution in [0.2, 0.25) is 0 Å². The first kappa shape index (κ1) is 13.5. The lowest BCUT2D eigenvalue weighted by molar-refractivity contribution is -0.0438. The summed E-state index contributed by atoms with van der Waals surface area (Å²) in [4.78, 5) is 0. The molecule has 1 heterocycles. The highest BCUT2D eigenvalue weighted by Gasteiger charge is 2.48. The van der Waals surface area contributed by atoms with Crippen molar-refractivity contribution >= 4 is 9.84 Å². The summed E-state index contributed by atoms with van der Waals surface area (Å²) < 4.78 is 60.1. The van der Waals surface area contributed by atoms with Crippen molar-refractivity contribution in [2.75, 3.05) is 0 Å². The maximum atomic E-state index is 12.3. The fraction of sp³-hybridized carbons (Fsp3) is 0.200. The summed E-state index contributed by atoms with van der Waals surface area (Å²) in [5, 5.41) is 5.33. The molecule has 2 rings (SSSR count). The number of sulfone groups is 1. The van der Waals surface area contributed by atoms with Crippen LogP contribution < -0.4 is 0 Å². The topological polar surface area (TPSA) is 64.8 Å². The third kappa shape index (κ3) is 2.75. The van der Waals surface area contributed by atoms with Crippen molar-refractivity contribution in [1.29, 1.82) is 0 Å². The van der Waals surface area contributed by atoms with E-state index >= 15 is 0 Å². The van der Waals surface area contributed by atoms with Crippen LogP contribution in [0.1, 0.15) is 5.56 Å². The number of aromatic nitrogens is 3. The van der Waals surface area contributed by atoms with Crippen molar-refractivity contribution in [3.05, 3.63) is 42.1 Å². The number of alkyl halides is 3. The van der Waals surface area contributed by atoms with Crippen LogP contribution in [0, 0.1) is 0 Å². The molecule has 1 aromatic heterocycles. The molecule has 0 bridgehead atoms. The van der Waals surface area contributed by atoms with Crippen LogP contribution in [-0.2, 0) is 16.4 Å². The molecule has 0 saturated carbocycles. The molecule has 0 aliphatic carbocycles.